The number of alkyl halides is 1. The van der Waals surface area contributed by atoms with Gasteiger partial charge in [0.25, 0.3) is 0 Å². The van der Waals surface area contributed by atoms with Crippen molar-refractivity contribution in [3.05, 3.63) is 28.6 Å². The summed E-state index contributed by atoms with van der Waals surface area (Å²) in [6.45, 7) is 8.35. The van der Waals surface area contributed by atoms with Crippen LogP contribution in [-0.4, -0.2) is 22.0 Å². The molecule has 0 atom stereocenters. The highest BCUT2D eigenvalue weighted by molar-refractivity contribution is 7.92. The zero-order valence-electron chi connectivity index (χ0n) is 14.3. The standard InChI is InChI=1S/C17H17ClO2S4Si/c1-9-7-21-14-15-17(24(19,20)16(9)14)10(2)13(23-15)11-5-6-12(22-11)25(3,4)8-18/h5-7H,8H2,1-4H3. The molecule has 0 aromatic carbocycles. The third kappa shape index (κ3) is 2.47. The van der Waals surface area contributed by atoms with Gasteiger partial charge in [-0.15, -0.1) is 45.6 Å². The summed E-state index contributed by atoms with van der Waals surface area (Å²) in [5.74, 6) is 0. The number of hydrogen-bond acceptors (Lipinski definition) is 5. The van der Waals surface area contributed by atoms with Crippen LogP contribution in [-0.2, 0) is 9.84 Å². The average molecular weight is 445 g/mol. The Morgan fingerprint density at radius 3 is 2.44 bits per heavy atom. The summed E-state index contributed by atoms with van der Waals surface area (Å²) >= 11 is 11.1. The summed E-state index contributed by atoms with van der Waals surface area (Å²) in [6, 6.07) is 4.30. The lowest BCUT2D eigenvalue weighted by atomic mass is 10.2. The molecule has 0 radical (unpaired) electrons. The van der Waals surface area contributed by atoms with Gasteiger partial charge in [0.2, 0.25) is 9.84 Å². The molecule has 0 amide bonds. The lowest BCUT2D eigenvalue weighted by Crippen LogP contribution is -2.41. The molecule has 1 aliphatic heterocycles. The van der Waals surface area contributed by atoms with Crippen LogP contribution in [0.3, 0.4) is 0 Å². The van der Waals surface area contributed by atoms with E-state index in [2.05, 4.69) is 25.2 Å². The summed E-state index contributed by atoms with van der Waals surface area (Å²) < 4.78 is 27.4. The first-order valence-corrected chi connectivity index (χ1v) is 15.6. The Morgan fingerprint density at radius 1 is 1.04 bits per heavy atom. The Balaban J connectivity index is 1.90. The van der Waals surface area contributed by atoms with Gasteiger partial charge < -0.3 is 0 Å². The summed E-state index contributed by atoms with van der Waals surface area (Å²) in [5.41, 5.74) is 2.44. The quantitative estimate of drug-likeness (QED) is 0.301. The van der Waals surface area contributed by atoms with E-state index in [0.717, 1.165) is 30.6 Å². The largest absolute Gasteiger partial charge is 0.218 e. The molecule has 0 spiro atoms. The smallest absolute Gasteiger partial charge is 0.210 e. The molecule has 0 saturated heterocycles. The van der Waals surface area contributed by atoms with Gasteiger partial charge >= 0.3 is 0 Å². The molecule has 0 N–H and O–H groups in total. The van der Waals surface area contributed by atoms with Gasteiger partial charge in [0.15, 0.2) is 0 Å². The SMILES string of the molecule is Cc1csc2c1S(=O)(=O)c1c-2sc(-c2ccc([Si](C)(C)CCl)s2)c1C. The summed E-state index contributed by atoms with van der Waals surface area (Å²) in [4.78, 5) is 5.13. The average Bonchev–Trinajstić information content (AvgIpc) is 3.26. The van der Waals surface area contributed by atoms with Crippen LogP contribution >= 0.6 is 45.6 Å². The highest BCUT2D eigenvalue weighted by Gasteiger charge is 2.40. The van der Waals surface area contributed by atoms with Crippen LogP contribution < -0.4 is 4.50 Å². The van der Waals surface area contributed by atoms with Gasteiger partial charge in [-0.3, -0.25) is 0 Å². The number of fused-ring (bicyclic) bond motifs is 3. The second-order valence-corrected chi connectivity index (χ2v) is 17.5. The first-order chi connectivity index (χ1) is 11.7. The molecule has 8 heteroatoms. The first-order valence-electron chi connectivity index (χ1n) is 7.82. The molecule has 4 rings (SSSR count). The number of sulfone groups is 1. The van der Waals surface area contributed by atoms with Gasteiger partial charge in [-0.1, -0.05) is 19.2 Å². The maximum Gasteiger partial charge on any atom is 0.210 e. The molecule has 2 nitrogen and oxygen atoms in total. The van der Waals surface area contributed by atoms with Gasteiger partial charge in [0.1, 0.15) is 8.07 Å². The predicted octanol–water partition coefficient (Wildman–Crippen LogP) is 5.66. The molecule has 0 aliphatic carbocycles. The Morgan fingerprint density at radius 2 is 1.76 bits per heavy atom. The maximum absolute atomic E-state index is 13.0. The van der Waals surface area contributed by atoms with E-state index in [0.29, 0.717) is 15.3 Å². The van der Waals surface area contributed by atoms with Crippen LogP contribution in [0.25, 0.3) is 19.5 Å². The maximum atomic E-state index is 13.0. The lowest BCUT2D eigenvalue weighted by Gasteiger charge is -2.16. The third-order valence-electron chi connectivity index (χ3n) is 4.58. The molecule has 4 heterocycles. The van der Waals surface area contributed by atoms with E-state index in [1.165, 1.54) is 15.8 Å². The highest BCUT2D eigenvalue weighted by Crippen LogP contribution is 2.56. The van der Waals surface area contributed by atoms with E-state index in [-0.39, 0.29) is 0 Å². The number of aryl methyl sites for hydroxylation is 1. The number of halogens is 1. The van der Waals surface area contributed by atoms with Crippen LogP contribution in [0.1, 0.15) is 11.1 Å². The minimum absolute atomic E-state index is 0.524. The van der Waals surface area contributed by atoms with Gasteiger partial charge in [0.05, 0.1) is 19.5 Å². The second kappa shape index (κ2) is 5.78. The fourth-order valence-corrected chi connectivity index (χ4v) is 12.4. The van der Waals surface area contributed by atoms with E-state index in [9.17, 15) is 8.42 Å². The van der Waals surface area contributed by atoms with Gasteiger partial charge in [0, 0.05) is 15.3 Å². The van der Waals surface area contributed by atoms with Crippen LogP contribution in [0, 0.1) is 13.8 Å². The molecule has 3 aromatic heterocycles. The van der Waals surface area contributed by atoms with E-state index in [1.807, 2.05) is 19.2 Å². The summed E-state index contributed by atoms with van der Waals surface area (Å²) in [6.07, 6.45) is 0. The lowest BCUT2D eigenvalue weighted by molar-refractivity contribution is 0.598. The molecule has 0 saturated carbocycles. The molecule has 132 valence electrons. The van der Waals surface area contributed by atoms with Crippen molar-refractivity contribution in [2.45, 2.75) is 36.7 Å². The Labute approximate surface area is 166 Å². The van der Waals surface area contributed by atoms with Crippen molar-refractivity contribution in [2.24, 2.45) is 0 Å². The summed E-state index contributed by atoms with van der Waals surface area (Å²) in [7, 11) is -4.98. The van der Waals surface area contributed by atoms with Gasteiger partial charge in [-0.05, 0) is 40.9 Å². The van der Waals surface area contributed by atoms with Gasteiger partial charge in [-0.25, -0.2) is 8.42 Å². The molecule has 0 fully saturated rings. The normalized spacial score (nSPS) is 15.4. The topological polar surface area (TPSA) is 34.1 Å². The van der Waals surface area contributed by atoms with Crippen LogP contribution in [0.4, 0.5) is 0 Å². The minimum atomic E-state index is -3.38. The fraction of sp³-hybridized carbons (Fsp3) is 0.294. The Bertz CT molecular complexity index is 1100. The number of rotatable bonds is 3. The Kier molecular flexibility index (Phi) is 4.15. The molecule has 0 unspecified atom stereocenters. The molecular formula is C17H17ClO2S4Si. The minimum Gasteiger partial charge on any atom is -0.218 e. The zero-order valence-corrected chi connectivity index (χ0v) is 19.3. The van der Waals surface area contributed by atoms with E-state index < -0.39 is 17.9 Å². The van der Waals surface area contributed by atoms with Crippen LogP contribution in [0.2, 0.25) is 13.1 Å². The van der Waals surface area contributed by atoms with E-state index in [4.69, 9.17) is 11.6 Å². The molecular weight excluding hydrogens is 428 g/mol. The monoisotopic (exact) mass is 444 g/mol. The fourth-order valence-electron chi connectivity index (χ4n) is 3.12. The summed E-state index contributed by atoms with van der Waals surface area (Å²) in [5, 5.41) is 1.94. The van der Waals surface area contributed by atoms with Crippen molar-refractivity contribution in [3.8, 4) is 19.5 Å². The molecule has 25 heavy (non-hydrogen) atoms. The number of hydrogen-bond donors (Lipinski definition) is 0. The molecule has 3 aromatic rings. The zero-order chi connectivity index (χ0) is 18.1. The van der Waals surface area contributed by atoms with Crippen molar-refractivity contribution in [1.29, 1.82) is 0 Å². The predicted molar refractivity (Wildman–Crippen MR) is 114 cm³/mol. The second-order valence-electron chi connectivity index (χ2n) is 6.98. The van der Waals surface area contributed by atoms with Crippen molar-refractivity contribution >= 4 is 68.0 Å². The van der Waals surface area contributed by atoms with E-state index >= 15 is 0 Å². The molecule has 0 bridgehead atoms. The highest BCUT2D eigenvalue weighted by atomic mass is 35.5. The van der Waals surface area contributed by atoms with Gasteiger partial charge in [-0.2, -0.15) is 0 Å². The van der Waals surface area contributed by atoms with Crippen molar-refractivity contribution in [1.82, 2.24) is 0 Å². The van der Waals surface area contributed by atoms with Crippen molar-refractivity contribution in [3.63, 3.8) is 0 Å². The van der Waals surface area contributed by atoms with Crippen molar-refractivity contribution in [2.75, 3.05) is 5.50 Å². The first kappa shape index (κ1) is 17.9. The number of thiophene rings is 3. The Hall–Kier alpha value is -0.443. The van der Waals surface area contributed by atoms with Crippen LogP contribution in [0.15, 0.2) is 27.3 Å². The van der Waals surface area contributed by atoms with E-state index in [1.54, 1.807) is 22.7 Å². The third-order valence-corrected chi connectivity index (χ3v) is 16.7. The van der Waals surface area contributed by atoms with Crippen molar-refractivity contribution < 1.29 is 8.42 Å². The van der Waals surface area contributed by atoms with Crippen LogP contribution in [0.5, 0.6) is 0 Å². The molecule has 1 aliphatic rings.